The van der Waals surface area contributed by atoms with Gasteiger partial charge in [-0.15, -0.1) is 8.78 Å². The number of benzene rings is 2. The van der Waals surface area contributed by atoms with Crippen LogP contribution in [0.5, 0.6) is 11.5 Å². The summed E-state index contributed by atoms with van der Waals surface area (Å²) in [4.78, 5) is 27.1. The molecule has 2 aromatic carbocycles. The van der Waals surface area contributed by atoms with E-state index in [0.29, 0.717) is 10.6 Å². The van der Waals surface area contributed by atoms with E-state index < -0.39 is 36.5 Å². The summed E-state index contributed by atoms with van der Waals surface area (Å²) in [5, 5.41) is 4.32. The predicted octanol–water partition coefficient (Wildman–Crippen LogP) is 5.23. The van der Waals surface area contributed by atoms with Gasteiger partial charge in [-0.1, -0.05) is 23.7 Å². The molecule has 8 nitrogen and oxygen atoms in total. The zero-order valence-corrected chi connectivity index (χ0v) is 18.9. The lowest BCUT2D eigenvalue weighted by atomic mass is 10.1. The lowest BCUT2D eigenvalue weighted by Crippen LogP contribution is -2.35. The average Bonchev–Trinajstić information content (AvgIpc) is 3.40. The number of amides is 1. The summed E-state index contributed by atoms with van der Waals surface area (Å²) in [7, 11) is 1.35. The number of nitrogens with zero attached hydrogens (tertiary/aromatic N) is 3. The minimum absolute atomic E-state index is 0.0276. The fourth-order valence-electron chi connectivity index (χ4n) is 3.66. The van der Waals surface area contributed by atoms with E-state index in [4.69, 9.17) is 16.0 Å². The number of carbonyl (C=O) groups excluding carboxylic acids is 1. The fourth-order valence-corrected chi connectivity index (χ4v) is 3.85. The second kappa shape index (κ2) is 8.55. The number of carbonyl (C=O) groups is 1. The van der Waals surface area contributed by atoms with Gasteiger partial charge < -0.3 is 18.8 Å². The first-order chi connectivity index (χ1) is 17.0. The molecule has 1 aliphatic rings. The van der Waals surface area contributed by atoms with Crippen molar-refractivity contribution in [3.63, 3.8) is 0 Å². The van der Waals surface area contributed by atoms with Gasteiger partial charge in [0.05, 0.1) is 5.39 Å². The molecular formula is C23H14ClF4N3O5. The molecule has 0 spiro atoms. The van der Waals surface area contributed by atoms with Crippen molar-refractivity contribution in [1.29, 1.82) is 0 Å². The molecule has 13 heteroatoms. The zero-order chi connectivity index (χ0) is 25.8. The summed E-state index contributed by atoms with van der Waals surface area (Å²) in [6.45, 7) is -0.599. The SMILES string of the molecule is CN(C(=O)Cn1nc(-c2cccc(Cl)c2)c2oc(C(F)F)cc2c1=O)c1ccc2c(c1)OC(F)(F)O2. The smallest absolute Gasteiger partial charge is 0.452 e. The van der Waals surface area contributed by atoms with Crippen molar-refractivity contribution in [2.75, 3.05) is 11.9 Å². The number of rotatable bonds is 5. The number of anilines is 1. The van der Waals surface area contributed by atoms with Crippen molar-refractivity contribution in [3.8, 4) is 22.8 Å². The standard InChI is InChI=1S/C23H14ClF4N3O5/c1-30(13-5-6-15-16(8-13)36-23(27,28)35-15)18(32)10-31-22(33)14-9-17(21(25)26)34-20(14)19(29-31)11-3-2-4-12(24)7-11/h2-9,21H,10H2,1H3. The molecule has 36 heavy (non-hydrogen) atoms. The van der Waals surface area contributed by atoms with Gasteiger partial charge in [-0.05, 0) is 30.3 Å². The van der Waals surface area contributed by atoms with E-state index in [0.717, 1.165) is 15.6 Å². The first kappa shape index (κ1) is 23.7. The maximum absolute atomic E-state index is 13.3. The van der Waals surface area contributed by atoms with Crippen LogP contribution in [0.3, 0.4) is 0 Å². The van der Waals surface area contributed by atoms with Gasteiger partial charge in [0.25, 0.3) is 12.0 Å². The molecule has 0 saturated heterocycles. The number of hydrogen-bond donors (Lipinski definition) is 0. The highest BCUT2D eigenvalue weighted by atomic mass is 35.5. The van der Waals surface area contributed by atoms with Crippen molar-refractivity contribution < 1.29 is 36.2 Å². The third kappa shape index (κ3) is 4.24. The van der Waals surface area contributed by atoms with E-state index in [1.165, 1.54) is 31.3 Å². The van der Waals surface area contributed by atoms with E-state index in [2.05, 4.69) is 14.6 Å². The summed E-state index contributed by atoms with van der Waals surface area (Å²) >= 11 is 6.05. The van der Waals surface area contributed by atoms with Gasteiger partial charge >= 0.3 is 6.29 Å². The molecule has 2 aromatic heterocycles. The largest absolute Gasteiger partial charge is 0.586 e. The monoisotopic (exact) mass is 523 g/mol. The molecule has 0 fully saturated rings. The maximum Gasteiger partial charge on any atom is 0.586 e. The number of fused-ring (bicyclic) bond motifs is 2. The lowest BCUT2D eigenvalue weighted by molar-refractivity contribution is -0.286. The average molecular weight is 524 g/mol. The third-order valence-electron chi connectivity index (χ3n) is 5.40. The third-order valence-corrected chi connectivity index (χ3v) is 5.63. The Morgan fingerprint density at radius 3 is 2.61 bits per heavy atom. The number of aromatic nitrogens is 2. The van der Waals surface area contributed by atoms with E-state index in [9.17, 15) is 27.2 Å². The van der Waals surface area contributed by atoms with Crippen LogP contribution in [0.1, 0.15) is 12.2 Å². The Labute approximate surface area is 204 Å². The molecule has 0 radical (unpaired) electrons. The Morgan fingerprint density at radius 2 is 1.89 bits per heavy atom. The second-order valence-electron chi connectivity index (χ2n) is 7.77. The van der Waals surface area contributed by atoms with Gasteiger partial charge in [0.1, 0.15) is 12.2 Å². The molecule has 1 amide bonds. The van der Waals surface area contributed by atoms with E-state index in [1.807, 2.05) is 0 Å². The summed E-state index contributed by atoms with van der Waals surface area (Å²) in [5.41, 5.74) is -0.439. The van der Waals surface area contributed by atoms with Crippen molar-refractivity contribution in [2.24, 2.45) is 0 Å². The van der Waals surface area contributed by atoms with Gasteiger partial charge in [0, 0.05) is 29.4 Å². The Bertz CT molecular complexity index is 1570. The van der Waals surface area contributed by atoms with Gasteiger partial charge in [0.15, 0.2) is 22.8 Å². The molecular weight excluding hydrogens is 510 g/mol. The van der Waals surface area contributed by atoms with Crippen LogP contribution in [-0.4, -0.2) is 29.0 Å². The molecule has 186 valence electrons. The van der Waals surface area contributed by atoms with Crippen molar-refractivity contribution in [2.45, 2.75) is 19.3 Å². The summed E-state index contributed by atoms with van der Waals surface area (Å²) in [6, 6.07) is 10.9. The van der Waals surface area contributed by atoms with Crippen LogP contribution in [0, 0.1) is 0 Å². The number of alkyl halides is 4. The predicted molar refractivity (Wildman–Crippen MR) is 120 cm³/mol. The molecule has 0 unspecified atom stereocenters. The highest BCUT2D eigenvalue weighted by Gasteiger charge is 2.43. The molecule has 0 N–H and O–H groups in total. The normalized spacial score (nSPS) is 14.0. The van der Waals surface area contributed by atoms with E-state index in [-0.39, 0.29) is 33.8 Å². The van der Waals surface area contributed by atoms with Crippen LogP contribution in [0.25, 0.3) is 22.2 Å². The molecule has 3 heterocycles. The minimum atomic E-state index is -3.82. The van der Waals surface area contributed by atoms with Crippen LogP contribution >= 0.6 is 11.6 Å². The maximum atomic E-state index is 13.3. The Hall–Kier alpha value is -4.06. The van der Waals surface area contributed by atoms with Crippen LogP contribution in [-0.2, 0) is 11.3 Å². The fraction of sp³-hybridized carbons (Fsp3) is 0.174. The highest BCUT2D eigenvalue weighted by Crippen LogP contribution is 2.42. The quantitative estimate of drug-likeness (QED) is 0.333. The zero-order valence-electron chi connectivity index (χ0n) is 18.2. The number of hydrogen-bond acceptors (Lipinski definition) is 6. The molecule has 0 aliphatic carbocycles. The van der Waals surface area contributed by atoms with Crippen LogP contribution < -0.4 is 19.9 Å². The Balaban J connectivity index is 1.52. The Morgan fingerprint density at radius 1 is 1.14 bits per heavy atom. The summed E-state index contributed by atoms with van der Waals surface area (Å²) in [6.07, 6.45) is -6.81. The number of likely N-dealkylation sites (N-methyl/N-ethyl adjacent to an activating group) is 1. The molecule has 0 atom stereocenters. The van der Waals surface area contributed by atoms with Crippen molar-refractivity contribution in [1.82, 2.24) is 9.78 Å². The highest BCUT2D eigenvalue weighted by molar-refractivity contribution is 6.30. The molecule has 0 bridgehead atoms. The van der Waals surface area contributed by atoms with Crippen LogP contribution in [0.2, 0.25) is 5.02 Å². The molecule has 5 rings (SSSR count). The van der Waals surface area contributed by atoms with Gasteiger partial charge in [-0.25, -0.2) is 13.5 Å². The van der Waals surface area contributed by atoms with Crippen molar-refractivity contribution >= 4 is 34.2 Å². The molecule has 0 saturated carbocycles. The topological polar surface area (TPSA) is 86.8 Å². The number of ether oxygens (including phenoxy) is 2. The summed E-state index contributed by atoms with van der Waals surface area (Å²) in [5.74, 6) is -1.86. The van der Waals surface area contributed by atoms with E-state index in [1.54, 1.807) is 18.2 Å². The van der Waals surface area contributed by atoms with E-state index >= 15 is 0 Å². The molecule has 1 aliphatic heterocycles. The molecule has 4 aromatic rings. The van der Waals surface area contributed by atoms with Gasteiger partial charge in [0.2, 0.25) is 5.91 Å². The van der Waals surface area contributed by atoms with Crippen LogP contribution in [0.15, 0.2) is 57.7 Å². The second-order valence-corrected chi connectivity index (χ2v) is 8.20. The van der Waals surface area contributed by atoms with Gasteiger partial charge in [-0.3, -0.25) is 9.59 Å². The number of furan rings is 1. The first-order valence-electron chi connectivity index (χ1n) is 10.3. The van der Waals surface area contributed by atoms with Gasteiger partial charge in [-0.2, -0.15) is 5.10 Å². The number of halogens is 5. The first-order valence-corrected chi connectivity index (χ1v) is 10.7. The summed E-state index contributed by atoms with van der Waals surface area (Å²) < 4.78 is 68.0. The van der Waals surface area contributed by atoms with Crippen LogP contribution in [0.4, 0.5) is 23.2 Å². The Kier molecular flexibility index (Phi) is 5.62. The van der Waals surface area contributed by atoms with Crippen molar-refractivity contribution in [3.05, 3.63) is 69.7 Å². The minimum Gasteiger partial charge on any atom is -0.452 e. The lowest BCUT2D eigenvalue weighted by Gasteiger charge is -2.18.